The molecule has 2 aliphatic rings. The number of carbonyl (C=O) groups is 5. The highest BCUT2D eigenvalue weighted by atomic mass is 32.2. The third-order valence-corrected chi connectivity index (χ3v) is 8.63. The van der Waals surface area contributed by atoms with Crippen molar-refractivity contribution in [3.8, 4) is 0 Å². The van der Waals surface area contributed by atoms with Crippen molar-refractivity contribution in [2.24, 2.45) is 0 Å². The molecule has 242 valence electrons. The van der Waals surface area contributed by atoms with E-state index in [2.05, 4.69) is 5.32 Å². The fraction of sp³-hybridized carbons (Fsp3) is 0.242. The summed E-state index contributed by atoms with van der Waals surface area (Å²) in [5, 5.41) is 14.5. The first-order valence-electron chi connectivity index (χ1n) is 14.4. The normalized spacial score (nSPS) is 18.8. The quantitative estimate of drug-likeness (QED) is 0.0755. The van der Waals surface area contributed by atoms with E-state index in [0.29, 0.717) is 16.7 Å². The van der Waals surface area contributed by atoms with E-state index in [4.69, 9.17) is 14.2 Å². The van der Waals surface area contributed by atoms with E-state index in [9.17, 15) is 34.1 Å². The molecule has 0 spiro atoms. The molecule has 2 heterocycles. The van der Waals surface area contributed by atoms with Crippen molar-refractivity contribution in [3.05, 3.63) is 123 Å². The molecule has 4 atom stereocenters. The minimum atomic E-state index is -1.37. The second kappa shape index (κ2) is 14.7. The van der Waals surface area contributed by atoms with Crippen molar-refractivity contribution in [2.75, 3.05) is 6.61 Å². The Labute approximate surface area is 273 Å². The fourth-order valence-corrected chi connectivity index (χ4v) is 6.25. The smallest absolute Gasteiger partial charge is 0.333 e. The summed E-state index contributed by atoms with van der Waals surface area (Å²) in [6.07, 6.45) is 0. The van der Waals surface area contributed by atoms with Gasteiger partial charge in [-0.2, -0.15) is 0 Å². The Morgan fingerprint density at radius 2 is 1.49 bits per heavy atom. The molecule has 5 rings (SSSR count). The number of nitrogens with one attached hydrogen (secondary N) is 1. The maximum atomic E-state index is 13.6. The van der Waals surface area contributed by atoms with Crippen LogP contribution in [0, 0.1) is 10.1 Å². The number of nitro groups is 1. The van der Waals surface area contributed by atoms with Crippen molar-refractivity contribution < 1.29 is 43.1 Å². The van der Waals surface area contributed by atoms with Gasteiger partial charge in [-0.15, -0.1) is 11.8 Å². The molecule has 0 aliphatic carbocycles. The number of non-ortho nitro benzene ring substituents is 1. The van der Waals surface area contributed by atoms with Crippen LogP contribution in [0.1, 0.15) is 29.5 Å². The molecule has 0 saturated carbocycles. The molecule has 1 fully saturated rings. The standard InChI is InChI=1S/C33H29N3O10S/c1-20(37)44-18-24-19-47-31-27(30(39)35(31)28(24)33(41)46-17-22-12-14-25(15-13-22)36(42)43)34-29(38)26(23-10-6-3-7-11-23)32(40)45-16-21-8-4-2-5-9-21/h2-15,19,26-28,31H,16-18H2,1H3,(H,34,38)/t26?,27?,28?,31-/m0/s1. The van der Waals surface area contributed by atoms with Crippen molar-refractivity contribution >= 4 is 47.2 Å². The molecule has 2 amide bonds. The third-order valence-electron chi connectivity index (χ3n) is 7.41. The molecule has 13 nitrogen and oxygen atoms in total. The first-order valence-corrected chi connectivity index (χ1v) is 15.3. The lowest BCUT2D eigenvalue weighted by atomic mass is 9.95. The maximum Gasteiger partial charge on any atom is 0.333 e. The van der Waals surface area contributed by atoms with Gasteiger partial charge in [0, 0.05) is 24.6 Å². The second-order valence-corrected chi connectivity index (χ2v) is 11.6. The molecule has 3 aromatic carbocycles. The molecule has 2 aliphatic heterocycles. The number of amides is 2. The van der Waals surface area contributed by atoms with Gasteiger partial charge in [-0.05, 0) is 34.2 Å². The number of β-lactam (4-membered cyclic amide) rings is 1. The lowest BCUT2D eigenvalue weighted by Crippen LogP contribution is -2.74. The number of nitro benzene ring substituents is 1. The van der Waals surface area contributed by atoms with Crippen molar-refractivity contribution in [3.63, 3.8) is 0 Å². The fourth-order valence-electron chi connectivity index (χ4n) is 5.04. The van der Waals surface area contributed by atoms with Crippen LogP contribution in [0.3, 0.4) is 0 Å². The summed E-state index contributed by atoms with van der Waals surface area (Å²) in [7, 11) is 0. The summed E-state index contributed by atoms with van der Waals surface area (Å²) in [5.74, 6) is -4.94. The molecular weight excluding hydrogens is 630 g/mol. The number of ether oxygens (including phenoxy) is 3. The van der Waals surface area contributed by atoms with Crippen LogP contribution >= 0.6 is 11.8 Å². The lowest BCUT2D eigenvalue weighted by Gasteiger charge is -2.51. The Bertz CT molecular complexity index is 1700. The second-order valence-electron chi connectivity index (χ2n) is 10.6. The summed E-state index contributed by atoms with van der Waals surface area (Å²) in [6, 6.07) is 20.4. The Morgan fingerprint density at radius 3 is 2.13 bits per heavy atom. The van der Waals surface area contributed by atoms with E-state index in [-0.39, 0.29) is 25.5 Å². The third kappa shape index (κ3) is 7.66. The van der Waals surface area contributed by atoms with Crippen LogP contribution in [0.2, 0.25) is 0 Å². The van der Waals surface area contributed by atoms with Crippen LogP contribution < -0.4 is 5.32 Å². The van der Waals surface area contributed by atoms with Crippen LogP contribution in [0.15, 0.2) is 95.9 Å². The van der Waals surface area contributed by atoms with Gasteiger partial charge in [-0.3, -0.25) is 29.3 Å². The van der Waals surface area contributed by atoms with Crippen LogP contribution in [0.4, 0.5) is 5.69 Å². The number of thioether (sulfide) groups is 1. The van der Waals surface area contributed by atoms with E-state index in [0.717, 1.165) is 17.3 Å². The number of hydrogen-bond acceptors (Lipinski definition) is 11. The number of nitrogens with zero attached hydrogens (tertiary/aromatic N) is 2. The summed E-state index contributed by atoms with van der Waals surface area (Å²) in [5.41, 5.74) is 1.75. The molecule has 0 aromatic heterocycles. The van der Waals surface area contributed by atoms with Crippen LogP contribution in [-0.4, -0.2) is 63.6 Å². The van der Waals surface area contributed by atoms with E-state index in [1.54, 1.807) is 60.0 Å². The largest absolute Gasteiger partial charge is 0.461 e. The summed E-state index contributed by atoms with van der Waals surface area (Å²) >= 11 is 1.14. The van der Waals surface area contributed by atoms with Gasteiger partial charge in [0.05, 0.1) is 4.92 Å². The highest BCUT2D eigenvalue weighted by molar-refractivity contribution is 8.03. The van der Waals surface area contributed by atoms with Crippen molar-refractivity contribution in [1.29, 1.82) is 0 Å². The summed E-state index contributed by atoms with van der Waals surface area (Å²) < 4.78 is 16.1. The predicted molar refractivity (Wildman–Crippen MR) is 167 cm³/mol. The SMILES string of the molecule is CC(=O)OCC1=CS[C@H]2C(NC(=O)C(C(=O)OCc3ccccc3)c3ccccc3)C(=O)N2C1C(=O)OCc1ccc([N+](=O)[O-])cc1. The molecule has 1 saturated heterocycles. The van der Waals surface area contributed by atoms with Crippen LogP contribution in [0.25, 0.3) is 0 Å². The Balaban J connectivity index is 1.30. The number of fused-ring (bicyclic) bond motifs is 1. The van der Waals surface area contributed by atoms with Crippen LogP contribution in [0.5, 0.6) is 0 Å². The number of hydrogen-bond donors (Lipinski definition) is 1. The van der Waals surface area contributed by atoms with Gasteiger partial charge in [-0.1, -0.05) is 60.7 Å². The van der Waals surface area contributed by atoms with E-state index in [1.165, 1.54) is 36.1 Å². The number of rotatable bonds is 12. The van der Waals surface area contributed by atoms with Crippen molar-refractivity contribution in [2.45, 2.75) is 43.5 Å². The molecule has 14 heteroatoms. The first-order chi connectivity index (χ1) is 22.6. The zero-order valence-corrected chi connectivity index (χ0v) is 25.8. The minimum Gasteiger partial charge on any atom is -0.461 e. The van der Waals surface area contributed by atoms with Gasteiger partial charge >= 0.3 is 17.9 Å². The molecule has 0 bridgehead atoms. The first kappa shape index (κ1) is 32.9. The van der Waals surface area contributed by atoms with Crippen LogP contribution in [-0.2, 0) is 51.4 Å². The zero-order valence-electron chi connectivity index (χ0n) is 25.0. The number of carbonyl (C=O) groups excluding carboxylic acids is 5. The van der Waals surface area contributed by atoms with Gasteiger partial charge in [0.15, 0.2) is 12.0 Å². The zero-order chi connectivity index (χ0) is 33.5. The Kier molecular flexibility index (Phi) is 10.3. The van der Waals surface area contributed by atoms with Gasteiger partial charge in [0.1, 0.15) is 31.2 Å². The summed E-state index contributed by atoms with van der Waals surface area (Å²) in [6.45, 7) is 0.634. The highest BCUT2D eigenvalue weighted by Crippen LogP contribution is 2.41. The molecule has 3 unspecified atom stereocenters. The average molecular weight is 660 g/mol. The molecular formula is C33H29N3O10S. The maximum absolute atomic E-state index is 13.6. The summed E-state index contributed by atoms with van der Waals surface area (Å²) in [4.78, 5) is 76.9. The molecule has 1 N–H and O–H groups in total. The topological polar surface area (TPSA) is 171 Å². The van der Waals surface area contributed by atoms with Gasteiger partial charge in [-0.25, -0.2) is 4.79 Å². The molecule has 0 radical (unpaired) electrons. The number of benzene rings is 3. The van der Waals surface area contributed by atoms with Gasteiger partial charge in [0.25, 0.3) is 5.69 Å². The molecule has 3 aromatic rings. The highest BCUT2D eigenvalue weighted by Gasteiger charge is 2.57. The predicted octanol–water partition coefficient (Wildman–Crippen LogP) is 3.38. The average Bonchev–Trinajstić information content (AvgIpc) is 3.08. The number of esters is 3. The van der Waals surface area contributed by atoms with Crippen molar-refractivity contribution in [1.82, 2.24) is 10.2 Å². The van der Waals surface area contributed by atoms with E-state index < -0.39 is 58.0 Å². The van der Waals surface area contributed by atoms with Gasteiger partial charge in [0.2, 0.25) is 11.8 Å². The Hall–Kier alpha value is -5.50. The molecule has 47 heavy (non-hydrogen) atoms. The monoisotopic (exact) mass is 659 g/mol. The van der Waals surface area contributed by atoms with E-state index >= 15 is 0 Å². The van der Waals surface area contributed by atoms with E-state index in [1.807, 2.05) is 6.07 Å². The lowest BCUT2D eigenvalue weighted by molar-refractivity contribution is -0.384. The Morgan fingerprint density at radius 1 is 0.872 bits per heavy atom. The minimum absolute atomic E-state index is 0.0511. The van der Waals surface area contributed by atoms with Gasteiger partial charge < -0.3 is 24.4 Å².